The first kappa shape index (κ1) is 14.7. The molecule has 0 aliphatic heterocycles. The molecule has 1 aromatic carbocycles. The molecule has 0 amide bonds. The van der Waals surface area contributed by atoms with E-state index in [1.165, 1.54) is 10.9 Å². The zero-order chi connectivity index (χ0) is 13.7. The van der Waals surface area contributed by atoms with E-state index < -0.39 is 6.10 Å². The molecule has 2 aromatic rings. The van der Waals surface area contributed by atoms with Gasteiger partial charge in [-0.2, -0.15) is 0 Å². The number of benzene rings is 1. The van der Waals surface area contributed by atoms with E-state index in [-0.39, 0.29) is 5.82 Å². The number of nitrogens with one attached hydrogen (secondary N) is 1. The van der Waals surface area contributed by atoms with Gasteiger partial charge in [0.2, 0.25) is 0 Å². The van der Waals surface area contributed by atoms with Crippen molar-refractivity contribution in [3.05, 3.63) is 56.4 Å². The molecule has 1 aromatic heterocycles. The zero-order valence-electron chi connectivity index (χ0n) is 10.3. The molecule has 0 saturated carbocycles. The second kappa shape index (κ2) is 7.14. The van der Waals surface area contributed by atoms with Crippen molar-refractivity contribution in [3.63, 3.8) is 0 Å². The number of aliphatic hydroxyl groups is 1. The topological polar surface area (TPSA) is 32.3 Å². The van der Waals surface area contributed by atoms with Crippen LogP contribution in [-0.4, -0.2) is 18.2 Å². The second-order valence-corrected chi connectivity index (χ2v) is 6.74. The standard InChI is InChI=1S/C14H15BrFNOS/c15-14-6-5-10(19-14)7-8-17-9-13(18)11-3-1-2-4-12(11)16/h1-6,13,17-18H,7-9H2. The number of hydrogen-bond acceptors (Lipinski definition) is 3. The molecule has 1 atom stereocenters. The molecule has 0 spiro atoms. The Balaban J connectivity index is 1.75. The van der Waals surface area contributed by atoms with Crippen LogP contribution in [0.2, 0.25) is 0 Å². The first-order valence-corrected chi connectivity index (χ1v) is 7.65. The molecule has 1 unspecified atom stereocenters. The van der Waals surface area contributed by atoms with Crippen LogP contribution in [0.15, 0.2) is 40.2 Å². The normalized spacial score (nSPS) is 12.6. The molecule has 19 heavy (non-hydrogen) atoms. The quantitative estimate of drug-likeness (QED) is 0.786. The van der Waals surface area contributed by atoms with Crippen LogP contribution < -0.4 is 5.32 Å². The van der Waals surface area contributed by atoms with E-state index in [0.29, 0.717) is 12.1 Å². The van der Waals surface area contributed by atoms with Gasteiger partial charge in [-0.25, -0.2) is 4.39 Å². The van der Waals surface area contributed by atoms with Crippen LogP contribution >= 0.6 is 27.3 Å². The minimum absolute atomic E-state index is 0.342. The van der Waals surface area contributed by atoms with Crippen LogP contribution in [0.5, 0.6) is 0 Å². The Morgan fingerprint density at radius 1 is 1.26 bits per heavy atom. The van der Waals surface area contributed by atoms with E-state index in [4.69, 9.17) is 0 Å². The lowest BCUT2D eigenvalue weighted by molar-refractivity contribution is 0.170. The molecule has 5 heteroatoms. The van der Waals surface area contributed by atoms with E-state index in [1.807, 2.05) is 6.07 Å². The third kappa shape index (κ3) is 4.38. The molecular weight excluding hydrogens is 329 g/mol. The number of hydrogen-bond donors (Lipinski definition) is 2. The molecule has 0 saturated heterocycles. The van der Waals surface area contributed by atoms with Gasteiger partial charge < -0.3 is 10.4 Å². The molecule has 1 heterocycles. The summed E-state index contributed by atoms with van der Waals surface area (Å²) < 4.78 is 14.5. The van der Waals surface area contributed by atoms with Gasteiger partial charge in [-0.15, -0.1) is 11.3 Å². The van der Waals surface area contributed by atoms with Crippen molar-refractivity contribution in [3.8, 4) is 0 Å². The van der Waals surface area contributed by atoms with Crippen LogP contribution in [0.1, 0.15) is 16.5 Å². The number of halogens is 2. The highest BCUT2D eigenvalue weighted by Crippen LogP contribution is 2.22. The maximum Gasteiger partial charge on any atom is 0.129 e. The highest BCUT2D eigenvalue weighted by atomic mass is 79.9. The number of rotatable bonds is 6. The van der Waals surface area contributed by atoms with Gasteiger partial charge in [-0.05, 0) is 40.5 Å². The van der Waals surface area contributed by atoms with Gasteiger partial charge in [0.05, 0.1) is 9.89 Å². The van der Waals surface area contributed by atoms with Gasteiger partial charge in [-0.1, -0.05) is 18.2 Å². The maximum absolute atomic E-state index is 13.4. The summed E-state index contributed by atoms with van der Waals surface area (Å²) in [5.74, 6) is -0.362. The van der Waals surface area contributed by atoms with Crippen molar-refractivity contribution in [2.45, 2.75) is 12.5 Å². The summed E-state index contributed by atoms with van der Waals surface area (Å²) in [6, 6.07) is 10.4. The van der Waals surface area contributed by atoms with Crippen molar-refractivity contribution >= 4 is 27.3 Å². The molecule has 2 rings (SSSR count). The molecule has 0 bridgehead atoms. The lowest BCUT2D eigenvalue weighted by Crippen LogP contribution is -2.24. The molecule has 0 aliphatic rings. The smallest absolute Gasteiger partial charge is 0.129 e. The fourth-order valence-electron chi connectivity index (χ4n) is 1.79. The fraction of sp³-hybridized carbons (Fsp3) is 0.286. The van der Waals surface area contributed by atoms with E-state index in [1.54, 1.807) is 29.5 Å². The van der Waals surface area contributed by atoms with E-state index in [2.05, 4.69) is 27.3 Å². The zero-order valence-corrected chi connectivity index (χ0v) is 12.7. The maximum atomic E-state index is 13.4. The molecule has 0 radical (unpaired) electrons. The Labute approximate surface area is 124 Å². The van der Waals surface area contributed by atoms with Crippen molar-refractivity contribution in [2.75, 3.05) is 13.1 Å². The highest BCUT2D eigenvalue weighted by molar-refractivity contribution is 9.11. The van der Waals surface area contributed by atoms with Crippen LogP contribution in [0.4, 0.5) is 4.39 Å². The molecule has 102 valence electrons. The molecule has 2 N–H and O–H groups in total. The minimum atomic E-state index is -0.809. The lowest BCUT2D eigenvalue weighted by atomic mass is 10.1. The average molecular weight is 344 g/mol. The van der Waals surface area contributed by atoms with Gasteiger partial charge in [-0.3, -0.25) is 0 Å². The summed E-state index contributed by atoms with van der Waals surface area (Å²) in [5, 5.41) is 13.0. The summed E-state index contributed by atoms with van der Waals surface area (Å²) in [6.45, 7) is 1.12. The van der Waals surface area contributed by atoms with Crippen LogP contribution in [0.25, 0.3) is 0 Å². The summed E-state index contributed by atoms with van der Waals surface area (Å²) in [6.07, 6.45) is 0.0940. The third-order valence-corrected chi connectivity index (χ3v) is 4.46. The predicted molar refractivity (Wildman–Crippen MR) is 80.0 cm³/mol. The van der Waals surface area contributed by atoms with Crippen molar-refractivity contribution in [1.29, 1.82) is 0 Å². The summed E-state index contributed by atoms with van der Waals surface area (Å²) >= 11 is 5.12. The van der Waals surface area contributed by atoms with Gasteiger partial charge >= 0.3 is 0 Å². The van der Waals surface area contributed by atoms with Crippen LogP contribution in [0, 0.1) is 5.82 Å². The monoisotopic (exact) mass is 343 g/mol. The molecule has 0 fully saturated rings. The summed E-state index contributed by atoms with van der Waals surface area (Å²) in [4.78, 5) is 1.28. The van der Waals surface area contributed by atoms with Gasteiger partial charge in [0.1, 0.15) is 5.82 Å². The van der Waals surface area contributed by atoms with Crippen LogP contribution in [0.3, 0.4) is 0 Å². The third-order valence-electron chi connectivity index (χ3n) is 2.78. The van der Waals surface area contributed by atoms with E-state index in [9.17, 15) is 9.50 Å². The van der Waals surface area contributed by atoms with Crippen LogP contribution in [-0.2, 0) is 6.42 Å². The summed E-state index contributed by atoms with van der Waals surface area (Å²) in [5.41, 5.74) is 0.342. The molecule has 2 nitrogen and oxygen atoms in total. The van der Waals surface area contributed by atoms with E-state index in [0.717, 1.165) is 16.8 Å². The fourth-order valence-corrected chi connectivity index (χ4v) is 3.27. The summed E-state index contributed by atoms with van der Waals surface area (Å²) in [7, 11) is 0. The van der Waals surface area contributed by atoms with Gasteiger partial charge in [0.15, 0.2) is 0 Å². The average Bonchev–Trinajstić information content (AvgIpc) is 2.81. The number of aliphatic hydroxyl groups excluding tert-OH is 1. The van der Waals surface area contributed by atoms with E-state index >= 15 is 0 Å². The first-order chi connectivity index (χ1) is 9.16. The Morgan fingerprint density at radius 3 is 2.74 bits per heavy atom. The SMILES string of the molecule is OC(CNCCc1ccc(Br)s1)c1ccccc1F. The minimum Gasteiger partial charge on any atom is -0.387 e. The molecular formula is C14H15BrFNOS. The predicted octanol–water partition coefficient (Wildman–Crippen LogP) is 3.52. The molecule has 0 aliphatic carbocycles. The Bertz CT molecular complexity index is 532. The Hall–Kier alpha value is -0.750. The Kier molecular flexibility index (Phi) is 5.51. The van der Waals surface area contributed by atoms with Crippen molar-refractivity contribution in [2.24, 2.45) is 0 Å². The van der Waals surface area contributed by atoms with Gasteiger partial charge in [0, 0.05) is 23.5 Å². The van der Waals surface area contributed by atoms with Crippen molar-refractivity contribution in [1.82, 2.24) is 5.32 Å². The lowest BCUT2D eigenvalue weighted by Gasteiger charge is -2.12. The van der Waals surface area contributed by atoms with Crippen molar-refractivity contribution < 1.29 is 9.50 Å². The highest BCUT2D eigenvalue weighted by Gasteiger charge is 2.11. The van der Waals surface area contributed by atoms with Gasteiger partial charge in [0.25, 0.3) is 0 Å². The first-order valence-electron chi connectivity index (χ1n) is 6.04. The number of thiophene rings is 1. The Morgan fingerprint density at radius 2 is 2.05 bits per heavy atom. The largest absolute Gasteiger partial charge is 0.387 e. The second-order valence-electron chi connectivity index (χ2n) is 4.20.